The zero-order valence-electron chi connectivity index (χ0n) is 12.6. The summed E-state index contributed by atoms with van der Waals surface area (Å²) in [6.07, 6.45) is 1.99. The summed E-state index contributed by atoms with van der Waals surface area (Å²) in [5, 5.41) is 3.42. The highest BCUT2D eigenvalue weighted by molar-refractivity contribution is 5.48. The molecule has 0 aliphatic heterocycles. The van der Waals surface area contributed by atoms with Crippen LogP contribution in [0.25, 0.3) is 0 Å². The van der Waals surface area contributed by atoms with Crippen molar-refractivity contribution in [2.24, 2.45) is 0 Å². The minimum Gasteiger partial charge on any atom is -0.354 e. The standard InChI is InChI=1S/C15H27N3/c1-7-18(12(4)5)15-13(6)8-14(10-17-15)9-16-11(2)3/h8,10-12,16H,7,9H2,1-6H3. The average Bonchev–Trinajstić information content (AvgIpc) is 2.29. The molecule has 3 nitrogen and oxygen atoms in total. The van der Waals surface area contributed by atoms with E-state index >= 15 is 0 Å². The summed E-state index contributed by atoms with van der Waals surface area (Å²) in [6, 6.07) is 3.23. The Balaban J connectivity index is 2.85. The van der Waals surface area contributed by atoms with E-state index in [0.29, 0.717) is 12.1 Å². The van der Waals surface area contributed by atoms with Crippen LogP contribution >= 0.6 is 0 Å². The van der Waals surface area contributed by atoms with Gasteiger partial charge in [0.2, 0.25) is 0 Å². The third-order valence-electron chi connectivity index (χ3n) is 3.06. The first kappa shape index (κ1) is 15.0. The average molecular weight is 249 g/mol. The summed E-state index contributed by atoms with van der Waals surface area (Å²) in [5.74, 6) is 1.11. The van der Waals surface area contributed by atoms with Crippen molar-refractivity contribution in [1.82, 2.24) is 10.3 Å². The number of rotatable bonds is 6. The molecule has 0 radical (unpaired) electrons. The molecule has 0 atom stereocenters. The number of hydrogen-bond donors (Lipinski definition) is 1. The predicted octanol–water partition coefficient (Wildman–Crippen LogP) is 3.12. The lowest BCUT2D eigenvalue weighted by Gasteiger charge is -2.28. The Hall–Kier alpha value is -1.09. The maximum atomic E-state index is 4.63. The van der Waals surface area contributed by atoms with Crippen molar-refractivity contribution in [1.29, 1.82) is 0 Å². The van der Waals surface area contributed by atoms with E-state index in [1.165, 1.54) is 11.1 Å². The Morgan fingerprint density at radius 3 is 2.39 bits per heavy atom. The van der Waals surface area contributed by atoms with Gasteiger partial charge in [0.25, 0.3) is 0 Å². The van der Waals surface area contributed by atoms with Crippen LogP contribution < -0.4 is 10.2 Å². The fourth-order valence-electron chi connectivity index (χ4n) is 2.10. The van der Waals surface area contributed by atoms with Crippen LogP contribution in [0.4, 0.5) is 5.82 Å². The van der Waals surface area contributed by atoms with Gasteiger partial charge in [-0.15, -0.1) is 0 Å². The first-order valence-electron chi connectivity index (χ1n) is 6.91. The van der Waals surface area contributed by atoms with Gasteiger partial charge >= 0.3 is 0 Å². The molecule has 1 aromatic rings. The topological polar surface area (TPSA) is 28.2 Å². The summed E-state index contributed by atoms with van der Waals surface area (Å²) in [5.41, 5.74) is 2.51. The number of nitrogens with zero attached hydrogens (tertiary/aromatic N) is 2. The van der Waals surface area contributed by atoms with Crippen LogP contribution in [-0.4, -0.2) is 23.6 Å². The largest absolute Gasteiger partial charge is 0.354 e. The fraction of sp³-hybridized carbons (Fsp3) is 0.667. The van der Waals surface area contributed by atoms with Gasteiger partial charge in [-0.3, -0.25) is 0 Å². The summed E-state index contributed by atoms with van der Waals surface area (Å²) in [7, 11) is 0. The molecule has 102 valence electrons. The Morgan fingerprint density at radius 1 is 1.28 bits per heavy atom. The second kappa shape index (κ2) is 6.74. The number of pyridine rings is 1. The molecule has 1 rings (SSSR count). The molecule has 0 amide bonds. The number of nitrogens with one attached hydrogen (secondary N) is 1. The van der Waals surface area contributed by atoms with Crippen LogP contribution in [0.3, 0.4) is 0 Å². The van der Waals surface area contributed by atoms with E-state index in [-0.39, 0.29) is 0 Å². The summed E-state index contributed by atoms with van der Waals surface area (Å²) in [4.78, 5) is 6.96. The molecule has 0 aliphatic carbocycles. The van der Waals surface area contributed by atoms with Gasteiger partial charge in [0.1, 0.15) is 5.82 Å². The van der Waals surface area contributed by atoms with Gasteiger partial charge in [0, 0.05) is 31.4 Å². The maximum absolute atomic E-state index is 4.63. The quantitative estimate of drug-likeness (QED) is 0.839. The monoisotopic (exact) mass is 249 g/mol. The lowest BCUT2D eigenvalue weighted by Crippen LogP contribution is -2.32. The van der Waals surface area contributed by atoms with Crippen LogP contribution in [0.1, 0.15) is 45.7 Å². The SMILES string of the molecule is CCN(c1ncc(CNC(C)C)cc1C)C(C)C. The highest BCUT2D eigenvalue weighted by Crippen LogP contribution is 2.19. The van der Waals surface area contributed by atoms with Crippen LogP contribution in [0.2, 0.25) is 0 Å². The van der Waals surface area contributed by atoms with Gasteiger partial charge in [-0.25, -0.2) is 4.98 Å². The van der Waals surface area contributed by atoms with Crippen molar-refractivity contribution in [3.8, 4) is 0 Å². The molecular weight excluding hydrogens is 222 g/mol. The number of hydrogen-bond acceptors (Lipinski definition) is 3. The molecule has 0 bridgehead atoms. The molecule has 0 aromatic carbocycles. The van der Waals surface area contributed by atoms with Gasteiger partial charge in [-0.1, -0.05) is 13.8 Å². The van der Waals surface area contributed by atoms with E-state index in [9.17, 15) is 0 Å². The van der Waals surface area contributed by atoms with E-state index in [1.807, 2.05) is 6.20 Å². The van der Waals surface area contributed by atoms with Crippen LogP contribution in [0.5, 0.6) is 0 Å². The number of aryl methyl sites for hydroxylation is 1. The molecule has 1 aromatic heterocycles. The van der Waals surface area contributed by atoms with E-state index in [4.69, 9.17) is 0 Å². The number of aromatic nitrogens is 1. The molecule has 0 aliphatic rings. The van der Waals surface area contributed by atoms with E-state index in [2.05, 4.69) is 62.8 Å². The molecule has 18 heavy (non-hydrogen) atoms. The second-order valence-electron chi connectivity index (χ2n) is 5.40. The predicted molar refractivity (Wildman–Crippen MR) is 79.1 cm³/mol. The third kappa shape index (κ3) is 3.98. The smallest absolute Gasteiger partial charge is 0.131 e. The summed E-state index contributed by atoms with van der Waals surface area (Å²) >= 11 is 0. The molecule has 1 heterocycles. The minimum absolute atomic E-state index is 0.487. The molecule has 1 N–H and O–H groups in total. The molecule has 0 saturated heterocycles. The van der Waals surface area contributed by atoms with Gasteiger partial charge in [0.05, 0.1) is 0 Å². The molecule has 0 saturated carbocycles. The summed E-state index contributed by atoms with van der Waals surface area (Å²) in [6.45, 7) is 14.9. The van der Waals surface area contributed by atoms with Crippen molar-refractivity contribution in [2.75, 3.05) is 11.4 Å². The Bertz CT molecular complexity index is 372. The molecule has 0 unspecified atom stereocenters. The Labute approximate surface area is 112 Å². The molecule has 0 spiro atoms. The van der Waals surface area contributed by atoms with Crippen molar-refractivity contribution in [3.63, 3.8) is 0 Å². The molecule has 3 heteroatoms. The lowest BCUT2D eigenvalue weighted by atomic mass is 10.1. The van der Waals surface area contributed by atoms with Crippen molar-refractivity contribution >= 4 is 5.82 Å². The third-order valence-corrected chi connectivity index (χ3v) is 3.06. The van der Waals surface area contributed by atoms with Gasteiger partial charge < -0.3 is 10.2 Å². The highest BCUT2D eigenvalue weighted by atomic mass is 15.2. The van der Waals surface area contributed by atoms with Crippen LogP contribution in [0, 0.1) is 6.92 Å². The Morgan fingerprint density at radius 2 is 1.94 bits per heavy atom. The summed E-state index contributed by atoms with van der Waals surface area (Å²) < 4.78 is 0. The highest BCUT2D eigenvalue weighted by Gasteiger charge is 2.12. The molecule has 0 fully saturated rings. The fourth-order valence-corrected chi connectivity index (χ4v) is 2.10. The van der Waals surface area contributed by atoms with Crippen LogP contribution in [0.15, 0.2) is 12.3 Å². The van der Waals surface area contributed by atoms with E-state index in [1.54, 1.807) is 0 Å². The second-order valence-corrected chi connectivity index (χ2v) is 5.40. The van der Waals surface area contributed by atoms with Crippen molar-refractivity contribution in [2.45, 2.75) is 60.2 Å². The maximum Gasteiger partial charge on any atom is 0.131 e. The lowest BCUT2D eigenvalue weighted by molar-refractivity contribution is 0.587. The van der Waals surface area contributed by atoms with Crippen molar-refractivity contribution in [3.05, 3.63) is 23.4 Å². The normalized spacial score (nSPS) is 11.3. The zero-order valence-corrected chi connectivity index (χ0v) is 12.6. The first-order chi connectivity index (χ1) is 8.45. The van der Waals surface area contributed by atoms with Crippen molar-refractivity contribution < 1.29 is 0 Å². The van der Waals surface area contributed by atoms with Gasteiger partial charge in [0.15, 0.2) is 0 Å². The van der Waals surface area contributed by atoms with Gasteiger partial charge in [-0.05, 0) is 44.9 Å². The van der Waals surface area contributed by atoms with E-state index in [0.717, 1.165) is 18.9 Å². The zero-order chi connectivity index (χ0) is 13.7. The molecular formula is C15H27N3. The first-order valence-corrected chi connectivity index (χ1v) is 6.91. The minimum atomic E-state index is 0.487. The Kier molecular flexibility index (Phi) is 5.60. The van der Waals surface area contributed by atoms with Gasteiger partial charge in [-0.2, -0.15) is 0 Å². The number of anilines is 1. The van der Waals surface area contributed by atoms with Crippen LogP contribution in [-0.2, 0) is 6.54 Å². The van der Waals surface area contributed by atoms with E-state index < -0.39 is 0 Å².